The minimum Gasteiger partial charge on any atom is -0.469 e. The molecule has 0 radical (unpaired) electrons. The highest BCUT2D eigenvalue weighted by Crippen LogP contribution is 2.20. The van der Waals surface area contributed by atoms with E-state index in [9.17, 15) is 4.79 Å². The molecule has 96 valence electrons. The maximum Gasteiger partial charge on any atom is 0.305 e. The van der Waals surface area contributed by atoms with Crippen LogP contribution in [0.4, 0.5) is 5.69 Å². The minimum absolute atomic E-state index is 0.172. The maximum absolute atomic E-state index is 11.0. The van der Waals surface area contributed by atoms with Gasteiger partial charge in [0, 0.05) is 31.8 Å². The van der Waals surface area contributed by atoms with Crippen LogP contribution in [0, 0.1) is 0 Å². The molecule has 1 aromatic heterocycles. The summed E-state index contributed by atoms with van der Waals surface area (Å²) in [5.74, 6) is -0.172. The van der Waals surface area contributed by atoms with Crippen LogP contribution >= 0.6 is 0 Å². The molecule has 0 aliphatic carbocycles. The molecule has 0 aliphatic rings. The lowest BCUT2D eigenvalue weighted by Crippen LogP contribution is -2.19. The van der Waals surface area contributed by atoms with Gasteiger partial charge in [-0.3, -0.25) is 4.79 Å². The molecular weight excluding hydrogens is 232 g/mol. The molecule has 2 rings (SSSR count). The van der Waals surface area contributed by atoms with Crippen LogP contribution in [0.25, 0.3) is 11.1 Å². The Kier molecular flexibility index (Phi) is 3.82. The van der Waals surface area contributed by atoms with Gasteiger partial charge in [0.25, 0.3) is 0 Å². The molecule has 0 unspecified atom stereocenters. The quantitative estimate of drug-likeness (QED) is 0.759. The van der Waals surface area contributed by atoms with Gasteiger partial charge in [-0.05, 0) is 18.6 Å². The van der Waals surface area contributed by atoms with Crippen LogP contribution < -0.4 is 4.90 Å². The molecule has 5 nitrogen and oxygen atoms in total. The lowest BCUT2D eigenvalue weighted by atomic mass is 10.2. The first kappa shape index (κ1) is 12.4. The monoisotopic (exact) mass is 248 g/mol. The summed E-state index contributed by atoms with van der Waals surface area (Å²) >= 11 is 0. The number of oxazole rings is 1. The van der Waals surface area contributed by atoms with E-state index in [1.54, 1.807) is 0 Å². The summed E-state index contributed by atoms with van der Waals surface area (Å²) in [6.07, 6.45) is 2.63. The Balaban J connectivity index is 1.95. The molecule has 0 fully saturated rings. The Labute approximate surface area is 105 Å². The summed E-state index contributed by atoms with van der Waals surface area (Å²) in [6, 6.07) is 5.86. The molecule has 0 spiro atoms. The highest BCUT2D eigenvalue weighted by atomic mass is 16.5. The zero-order valence-corrected chi connectivity index (χ0v) is 10.5. The van der Waals surface area contributed by atoms with Crippen LogP contribution in [0.1, 0.15) is 12.8 Å². The van der Waals surface area contributed by atoms with Gasteiger partial charge in [-0.2, -0.15) is 0 Å². The molecule has 0 bridgehead atoms. The van der Waals surface area contributed by atoms with E-state index < -0.39 is 0 Å². The highest BCUT2D eigenvalue weighted by molar-refractivity contribution is 5.77. The molecule has 0 amide bonds. The first-order valence-corrected chi connectivity index (χ1v) is 5.82. The normalized spacial score (nSPS) is 10.6. The van der Waals surface area contributed by atoms with E-state index in [1.165, 1.54) is 13.5 Å². The molecule has 18 heavy (non-hydrogen) atoms. The Bertz CT molecular complexity index is 536. The van der Waals surface area contributed by atoms with Gasteiger partial charge in [0.05, 0.1) is 7.11 Å². The first-order chi connectivity index (χ1) is 8.70. The number of esters is 1. The third-order valence-corrected chi connectivity index (χ3v) is 2.86. The van der Waals surface area contributed by atoms with Crippen molar-refractivity contribution < 1.29 is 13.9 Å². The van der Waals surface area contributed by atoms with E-state index in [-0.39, 0.29) is 5.97 Å². The number of hydrogen-bond acceptors (Lipinski definition) is 5. The van der Waals surface area contributed by atoms with Crippen molar-refractivity contribution >= 4 is 22.8 Å². The van der Waals surface area contributed by atoms with Gasteiger partial charge in [-0.25, -0.2) is 4.98 Å². The number of hydrogen-bond donors (Lipinski definition) is 0. The number of aromatic nitrogens is 1. The van der Waals surface area contributed by atoms with Gasteiger partial charge in [-0.1, -0.05) is 0 Å². The summed E-state index contributed by atoms with van der Waals surface area (Å²) in [6.45, 7) is 0.786. The van der Waals surface area contributed by atoms with Crippen molar-refractivity contribution in [3.63, 3.8) is 0 Å². The van der Waals surface area contributed by atoms with Gasteiger partial charge in [0.1, 0.15) is 5.52 Å². The number of carbonyl (C=O) groups is 1. The second-order valence-corrected chi connectivity index (χ2v) is 4.11. The van der Waals surface area contributed by atoms with Crippen molar-refractivity contribution in [1.29, 1.82) is 0 Å². The number of anilines is 1. The van der Waals surface area contributed by atoms with Crippen molar-refractivity contribution in [2.45, 2.75) is 12.8 Å². The van der Waals surface area contributed by atoms with E-state index in [0.29, 0.717) is 6.42 Å². The summed E-state index contributed by atoms with van der Waals surface area (Å²) in [7, 11) is 3.39. The predicted octanol–water partition coefficient (Wildman–Crippen LogP) is 2.22. The average molecular weight is 248 g/mol. The van der Waals surface area contributed by atoms with E-state index in [2.05, 4.69) is 14.6 Å². The highest BCUT2D eigenvalue weighted by Gasteiger charge is 2.06. The zero-order valence-electron chi connectivity index (χ0n) is 10.5. The second-order valence-electron chi connectivity index (χ2n) is 4.11. The Morgan fingerprint density at radius 2 is 2.33 bits per heavy atom. The minimum atomic E-state index is -0.172. The van der Waals surface area contributed by atoms with Crippen LogP contribution in [0.3, 0.4) is 0 Å². The third-order valence-electron chi connectivity index (χ3n) is 2.86. The van der Waals surface area contributed by atoms with Crippen LogP contribution in [0.15, 0.2) is 29.0 Å². The van der Waals surface area contributed by atoms with E-state index in [4.69, 9.17) is 4.42 Å². The standard InChI is InChI=1S/C13H16N2O3/c1-15(7-3-4-13(16)17-2)10-5-6-11-12(8-10)18-9-14-11/h5-6,8-9H,3-4,7H2,1-2H3. The summed E-state index contributed by atoms with van der Waals surface area (Å²) < 4.78 is 9.86. The van der Waals surface area contributed by atoms with Crippen LogP contribution in [-0.2, 0) is 9.53 Å². The topological polar surface area (TPSA) is 55.6 Å². The SMILES string of the molecule is COC(=O)CCCN(C)c1ccc2ncoc2c1. The van der Waals surface area contributed by atoms with Crippen molar-refractivity contribution in [3.05, 3.63) is 24.6 Å². The predicted molar refractivity (Wildman–Crippen MR) is 68.5 cm³/mol. The zero-order chi connectivity index (χ0) is 13.0. The average Bonchev–Trinajstić information content (AvgIpc) is 2.85. The Morgan fingerprint density at radius 3 is 3.11 bits per heavy atom. The van der Waals surface area contributed by atoms with Gasteiger partial charge in [0.2, 0.25) is 0 Å². The fourth-order valence-electron chi connectivity index (χ4n) is 1.77. The summed E-state index contributed by atoms with van der Waals surface area (Å²) in [5, 5.41) is 0. The lowest BCUT2D eigenvalue weighted by Gasteiger charge is -2.18. The van der Waals surface area contributed by atoms with Crippen molar-refractivity contribution in [1.82, 2.24) is 4.98 Å². The van der Waals surface area contributed by atoms with Crippen LogP contribution in [-0.4, -0.2) is 31.7 Å². The lowest BCUT2D eigenvalue weighted by molar-refractivity contribution is -0.140. The number of ether oxygens (including phenoxy) is 1. The molecular formula is C13H16N2O3. The number of rotatable bonds is 5. The molecule has 0 saturated heterocycles. The number of methoxy groups -OCH3 is 1. The molecule has 0 aliphatic heterocycles. The fourth-order valence-corrected chi connectivity index (χ4v) is 1.77. The van der Waals surface area contributed by atoms with Crippen LogP contribution in [0.2, 0.25) is 0 Å². The molecule has 2 aromatic rings. The second kappa shape index (κ2) is 5.53. The Hall–Kier alpha value is -2.04. The molecule has 1 aromatic carbocycles. The largest absolute Gasteiger partial charge is 0.469 e. The summed E-state index contributed by atoms with van der Waals surface area (Å²) in [5.41, 5.74) is 2.66. The van der Waals surface area contributed by atoms with E-state index in [0.717, 1.165) is 29.8 Å². The van der Waals surface area contributed by atoms with Crippen LogP contribution in [0.5, 0.6) is 0 Å². The smallest absolute Gasteiger partial charge is 0.305 e. The van der Waals surface area contributed by atoms with E-state index in [1.807, 2.05) is 25.2 Å². The maximum atomic E-state index is 11.0. The molecule has 1 heterocycles. The number of carbonyl (C=O) groups excluding carboxylic acids is 1. The number of benzene rings is 1. The summed E-state index contributed by atoms with van der Waals surface area (Å²) in [4.78, 5) is 17.1. The molecule has 0 atom stereocenters. The van der Waals surface area contributed by atoms with Crippen molar-refractivity contribution in [2.75, 3.05) is 25.6 Å². The van der Waals surface area contributed by atoms with E-state index >= 15 is 0 Å². The Morgan fingerprint density at radius 1 is 1.50 bits per heavy atom. The third kappa shape index (κ3) is 2.80. The van der Waals surface area contributed by atoms with Gasteiger partial charge in [0.15, 0.2) is 12.0 Å². The van der Waals surface area contributed by atoms with Gasteiger partial charge in [-0.15, -0.1) is 0 Å². The molecule has 0 N–H and O–H groups in total. The number of fused-ring (bicyclic) bond motifs is 1. The van der Waals surface area contributed by atoms with Crippen molar-refractivity contribution in [2.24, 2.45) is 0 Å². The van der Waals surface area contributed by atoms with Crippen molar-refractivity contribution in [3.8, 4) is 0 Å². The molecule has 5 heteroatoms. The van der Waals surface area contributed by atoms with Gasteiger partial charge >= 0.3 is 5.97 Å². The first-order valence-electron chi connectivity index (χ1n) is 5.82. The number of nitrogens with zero attached hydrogens (tertiary/aromatic N) is 2. The molecule has 0 saturated carbocycles. The fraction of sp³-hybridized carbons (Fsp3) is 0.385. The van der Waals surface area contributed by atoms with Gasteiger partial charge < -0.3 is 14.1 Å².